The van der Waals surface area contributed by atoms with Crippen molar-refractivity contribution in [2.24, 2.45) is 0 Å². The Morgan fingerprint density at radius 2 is 1.58 bits per heavy atom. The van der Waals surface area contributed by atoms with Gasteiger partial charge in [-0.3, -0.25) is 20.4 Å². The lowest BCUT2D eigenvalue weighted by molar-refractivity contribution is -0.123. The van der Waals surface area contributed by atoms with E-state index in [0.717, 1.165) is 31.2 Å². The Hall–Kier alpha value is -3.02. The molecular weight excluding hydrogens is 392 g/mol. The molecule has 0 aliphatic rings. The van der Waals surface area contributed by atoms with Gasteiger partial charge in [-0.2, -0.15) is 0 Å². The van der Waals surface area contributed by atoms with Gasteiger partial charge in [0.25, 0.3) is 11.8 Å². The monoisotopic (exact) mass is 426 g/mol. The molecule has 0 bridgehead atoms. The number of hydrogen-bond acceptors (Lipinski definition) is 4. The van der Waals surface area contributed by atoms with Crippen LogP contribution in [0.2, 0.25) is 0 Å². The van der Waals surface area contributed by atoms with E-state index in [2.05, 4.69) is 31.6 Å². The third-order valence-electron chi connectivity index (χ3n) is 5.12. The second-order valence-corrected chi connectivity index (χ2v) is 7.54. The van der Waals surface area contributed by atoms with E-state index in [4.69, 9.17) is 9.47 Å². The molecule has 0 aliphatic heterocycles. The first kappa shape index (κ1) is 24.3. The van der Waals surface area contributed by atoms with Crippen LogP contribution in [0.15, 0.2) is 48.5 Å². The summed E-state index contributed by atoms with van der Waals surface area (Å²) >= 11 is 0. The van der Waals surface area contributed by atoms with Crippen LogP contribution in [0, 0.1) is 0 Å². The van der Waals surface area contributed by atoms with E-state index < -0.39 is 11.8 Å². The zero-order valence-corrected chi connectivity index (χ0v) is 18.8. The Labute approximate surface area is 185 Å². The van der Waals surface area contributed by atoms with Crippen molar-refractivity contribution >= 4 is 11.8 Å². The molecule has 0 aliphatic carbocycles. The van der Waals surface area contributed by atoms with Gasteiger partial charge in [-0.1, -0.05) is 70.4 Å². The predicted molar refractivity (Wildman–Crippen MR) is 122 cm³/mol. The first-order valence-corrected chi connectivity index (χ1v) is 11.1. The fourth-order valence-corrected chi connectivity index (χ4v) is 3.10. The lowest BCUT2D eigenvalue weighted by atomic mass is 9.98. The van der Waals surface area contributed by atoms with Crippen molar-refractivity contribution in [1.29, 1.82) is 0 Å². The minimum atomic E-state index is -0.440. The van der Waals surface area contributed by atoms with Crippen molar-refractivity contribution in [3.63, 3.8) is 0 Å². The largest absolute Gasteiger partial charge is 0.493 e. The highest BCUT2D eigenvalue weighted by Gasteiger charge is 2.14. The van der Waals surface area contributed by atoms with Crippen LogP contribution in [-0.2, 0) is 4.79 Å². The van der Waals surface area contributed by atoms with Crippen LogP contribution < -0.4 is 20.3 Å². The van der Waals surface area contributed by atoms with Gasteiger partial charge in [-0.15, -0.1) is 0 Å². The van der Waals surface area contributed by atoms with Crippen LogP contribution in [0.25, 0.3) is 0 Å². The molecule has 0 radical (unpaired) electrons. The van der Waals surface area contributed by atoms with Gasteiger partial charge in [-0.25, -0.2) is 0 Å². The quantitative estimate of drug-likeness (QED) is 0.370. The van der Waals surface area contributed by atoms with E-state index in [0.29, 0.717) is 29.6 Å². The summed E-state index contributed by atoms with van der Waals surface area (Å²) in [6.45, 7) is 6.75. The molecule has 0 fully saturated rings. The molecule has 31 heavy (non-hydrogen) atoms. The molecule has 0 aromatic heterocycles. The van der Waals surface area contributed by atoms with Crippen molar-refractivity contribution in [3.05, 3.63) is 59.7 Å². The number of carbonyl (C=O) groups is 2. The molecule has 2 rings (SSSR count). The van der Waals surface area contributed by atoms with Crippen molar-refractivity contribution in [1.82, 2.24) is 10.9 Å². The van der Waals surface area contributed by atoms with E-state index in [1.54, 1.807) is 18.2 Å². The maximum absolute atomic E-state index is 12.5. The predicted octanol–water partition coefficient (Wildman–Crippen LogP) is 5.00. The van der Waals surface area contributed by atoms with Crippen molar-refractivity contribution in [2.45, 2.75) is 58.8 Å². The number of hydrogen-bond donors (Lipinski definition) is 2. The lowest BCUT2D eigenvalue weighted by Gasteiger charge is -2.16. The lowest BCUT2D eigenvalue weighted by Crippen LogP contribution is -2.44. The average molecular weight is 427 g/mol. The highest BCUT2D eigenvalue weighted by molar-refractivity contribution is 5.97. The molecule has 0 heterocycles. The smallest absolute Gasteiger partial charge is 0.276 e. The molecule has 1 unspecified atom stereocenters. The number of unbranched alkanes of at least 4 members (excludes halogenated alkanes) is 3. The van der Waals surface area contributed by atoms with Crippen LogP contribution in [0.4, 0.5) is 0 Å². The van der Waals surface area contributed by atoms with Gasteiger partial charge in [0.2, 0.25) is 0 Å². The molecular formula is C25H34N2O4. The minimum Gasteiger partial charge on any atom is -0.493 e. The third kappa shape index (κ3) is 7.96. The Kier molecular flexibility index (Phi) is 10.4. The standard InChI is InChI=1S/C25H34N2O4/c1-4-6-7-12-17-30-23-16-11-9-14-21(23)25(29)27-26-24(28)18-31-22-15-10-8-13-20(22)19(3)5-2/h8-11,13-16,19H,4-7,12,17-18H2,1-3H3,(H,26,28)(H,27,29). The fraction of sp³-hybridized carbons (Fsp3) is 0.440. The maximum atomic E-state index is 12.5. The molecule has 0 saturated carbocycles. The summed E-state index contributed by atoms with van der Waals surface area (Å²) < 4.78 is 11.4. The van der Waals surface area contributed by atoms with Crippen LogP contribution in [0.3, 0.4) is 0 Å². The topological polar surface area (TPSA) is 76.7 Å². The average Bonchev–Trinajstić information content (AvgIpc) is 2.81. The summed E-state index contributed by atoms with van der Waals surface area (Å²) in [5.74, 6) is 0.643. The van der Waals surface area contributed by atoms with Gasteiger partial charge in [0, 0.05) is 0 Å². The zero-order chi connectivity index (χ0) is 22.5. The Morgan fingerprint density at radius 1 is 0.871 bits per heavy atom. The van der Waals surface area contributed by atoms with Crippen LogP contribution in [-0.4, -0.2) is 25.0 Å². The summed E-state index contributed by atoms with van der Waals surface area (Å²) in [7, 11) is 0. The number of nitrogens with one attached hydrogen (secondary N) is 2. The van der Waals surface area contributed by atoms with Crippen LogP contribution in [0.5, 0.6) is 11.5 Å². The van der Waals surface area contributed by atoms with Crippen molar-refractivity contribution in [2.75, 3.05) is 13.2 Å². The Bertz CT molecular complexity index is 838. The number of amides is 2. The Balaban J connectivity index is 1.84. The number of hydrazine groups is 1. The SMILES string of the molecule is CCCCCCOc1ccccc1C(=O)NNC(=O)COc1ccccc1C(C)CC. The molecule has 6 nitrogen and oxygen atoms in total. The van der Waals surface area contributed by atoms with Gasteiger partial charge in [-0.05, 0) is 42.5 Å². The summed E-state index contributed by atoms with van der Waals surface area (Å²) in [6.07, 6.45) is 5.34. The second-order valence-electron chi connectivity index (χ2n) is 7.54. The van der Waals surface area contributed by atoms with E-state index >= 15 is 0 Å². The van der Waals surface area contributed by atoms with Gasteiger partial charge in [0.1, 0.15) is 11.5 Å². The molecule has 168 valence electrons. The number of ether oxygens (including phenoxy) is 2. The van der Waals surface area contributed by atoms with Crippen molar-refractivity contribution < 1.29 is 19.1 Å². The third-order valence-corrected chi connectivity index (χ3v) is 5.12. The van der Waals surface area contributed by atoms with Gasteiger partial charge in [0.15, 0.2) is 6.61 Å². The zero-order valence-electron chi connectivity index (χ0n) is 18.8. The molecule has 0 spiro atoms. The van der Waals surface area contributed by atoms with Crippen LogP contribution >= 0.6 is 0 Å². The summed E-state index contributed by atoms with van der Waals surface area (Å²) in [5, 5.41) is 0. The first-order valence-electron chi connectivity index (χ1n) is 11.1. The normalized spacial score (nSPS) is 11.5. The highest BCUT2D eigenvalue weighted by atomic mass is 16.5. The Morgan fingerprint density at radius 3 is 2.32 bits per heavy atom. The first-order chi connectivity index (χ1) is 15.1. The molecule has 2 amide bonds. The molecule has 2 aromatic carbocycles. The fourth-order valence-electron chi connectivity index (χ4n) is 3.10. The number of rotatable bonds is 12. The summed E-state index contributed by atoms with van der Waals surface area (Å²) in [5.41, 5.74) is 6.28. The summed E-state index contributed by atoms with van der Waals surface area (Å²) in [6, 6.07) is 14.7. The summed E-state index contributed by atoms with van der Waals surface area (Å²) in [4.78, 5) is 24.7. The molecule has 1 atom stereocenters. The van der Waals surface area contributed by atoms with Gasteiger partial charge < -0.3 is 9.47 Å². The minimum absolute atomic E-state index is 0.191. The van der Waals surface area contributed by atoms with E-state index in [9.17, 15) is 9.59 Å². The van der Waals surface area contributed by atoms with E-state index in [1.807, 2.05) is 30.3 Å². The van der Waals surface area contributed by atoms with E-state index in [-0.39, 0.29) is 6.61 Å². The molecule has 6 heteroatoms. The number of benzene rings is 2. The maximum Gasteiger partial charge on any atom is 0.276 e. The van der Waals surface area contributed by atoms with Gasteiger partial charge >= 0.3 is 0 Å². The number of carbonyl (C=O) groups excluding carboxylic acids is 2. The highest BCUT2D eigenvalue weighted by Crippen LogP contribution is 2.28. The molecule has 2 aromatic rings. The second kappa shape index (κ2) is 13.3. The van der Waals surface area contributed by atoms with Crippen molar-refractivity contribution in [3.8, 4) is 11.5 Å². The number of para-hydroxylation sites is 2. The van der Waals surface area contributed by atoms with Crippen LogP contribution in [0.1, 0.15) is 74.7 Å². The molecule has 2 N–H and O–H groups in total. The van der Waals surface area contributed by atoms with Gasteiger partial charge in [0.05, 0.1) is 12.2 Å². The van der Waals surface area contributed by atoms with E-state index in [1.165, 1.54) is 6.42 Å². The molecule has 0 saturated heterocycles.